The summed E-state index contributed by atoms with van der Waals surface area (Å²) in [7, 11) is 0. The number of ketones is 1. The molecule has 1 aromatic carbocycles. The van der Waals surface area contributed by atoms with Gasteiger partial charge in [-0.25, -0.2) is 0 Å². The fourth-order valence-corrected chi connectivity index (χ4v) is 2.32. The van der Waals surface area contributed by atoms with E-state index in [0.29, 0.717) is 6.42 Å². The van der Waals surface area contributed by atoms with E-state index in [1.54, 1.807) is 0 Å². The Balaban J connectivity index is 3.50. The number of rotatable bonds is 3. The van der Waals surface area contributed by atoms with Crippen LogP contribution in [-0.4, -0.2) is 11.2 Å². The van der Waals surface area contributed by atoms with E-state index in [-0.39, 0.29) is 5.78 Å². The van der Waals surface area contributed by atoms with Crippen molar-refractivity contribution in [3.8, 4) is 0 Å². The van der Waals surface area contributed by atoms with Crippen molar-refractivity contribution >= 4 is 17.4 Å². The van der Waals surface area contributed by atoms with Crippen molar-refractivity contribution < 1.29 is 4.79 Å². The minimum absolute atomic E-state index is 0.0652. The molecule has 0 heterocycles. The van der Waals surface area contributed by atoms with Gasteiger partial charge < -0.3 is 0 Å². The maximum absolute atomic E-state index is 12.3. The third-order valence-corrected chi connectivity index (χ3v) is 4.40. The minimum Gasteiger partial charge on any atom is -0.292 e. The fourth-order valence-electron chi connectivity index (χ4n) is 2.21. The highest BCUT2D eigenvalue weighted by Gasteiger charge is 2.22. The van der Waals surface area contributed by atoms with Crippen LogP contribution in [0.15, 0.2) is 0 Å². The van der Waals surface area contributed by atoms with Crippen LogP contribution in [0.4, 0.5) is 0 Å². The van der Waals surface area contributed by atoms with E-state index in [1.165, 1.54) is 16.7 Å². The molecule has 0 aromatic heterocycles. The Labute approximate surface area is 109 Å². The summed E-state index contributed by atoms with van der Waals surface area (Å²) in [6.07, 6.45) is 0.672. The quantitative estimate of drug-likeness (QED) is 0.575. The summed E-state index contributed by atoms with van der Waals surface area (Å²) in [4.78, 5) is 12.3. The second kappa shape index (κ2) is 5.22. The SMILES string of the molecule is CCC(Cl)C(=O)c1c(C)c(C)c(C)c(C)c1C. The Morgan fingerprint density at radius 1 is 0.941 bits per heavy atom. The van der Waals surface area contributed by atoms with E-state index < -0.39 is 5.38 Å². The second-order valence-electron chi connectivity index (χ2n) is 4.74. The predicted octanol–water partition coefficient (Wildman–Crippen LogP) is 4.43. The molecule has 0 bridgehead atoms. The van der Waals surface area contributed by atoms with Crippen LogP contribution in [0, 0.1) is 34.6 Å². The van der Waals surface area contributed by atoms with E-state index >= 15 is 0 Å². The monoisotopic (exact) mass is 252 g/mol. The number of hydrogen-bond acceptors (Lipinski definition) is 1. The molecule has 0 amide bonds. The van der Waals surface area contributed by atoms with Crippen molar-refractivity contribution in [1.29, 1.82) is 0 Å². The first-order chi connectivity index (χ1) is 7.82. The topological polar surface area (TPSA) is 17.1 Å². The Kier molecular flexibility index (Phi) is 4.37. The standard InChI is InChI=1S/C15H21ClO/c1-7-13(16)15(17)14-11(5)9(3)8(2)10(4)12(14)6/h13H,7H2,1-6H3. The smallest absolute Gasteiger partial charge is 0.181 e. The van der Waals surface area contributed by atoms with Crippen LogP contribution in [0.3, 0.4) is 0 Å². The molecule has 1 atom stereocenters. The molecular weight excluding hydrogens is 232 g/mol. The zero-order valence-electron chi connectivity index (χ0n) is 11.6. The third-order valence-electron chi connectivity index (χ3n) is 3.89. The molecular formula is C15H21ClO. The van der Waals surface area contributed by atoms with Crippen molar-refractivity contribution in [2.75, 3.05) is 0 Å². The maximum Gasteiger partial charge on any atom is 0.181 e. The molecule has 2 heteroatoms. The molecule has 1 rings (SSSR count). The summed E-state index contributed by atoms with van der Waals surface area (Å²) in [5.41, 5.74) is 6.67. The van der Waals surface area contributed by atoms with Gasteiger partial charge in [-0.2, -0.15) is 0 Å². The van der Waals surface area contributed by atoms with Gasteiger partial charge in [0.25, 0.3) is 0 Å². The summed E-state index contributed by atoms with van der Waals surface area (Å²) in [6, 6.07) is 0. The minimum atomic E-state index is -0.408. The van der Waals surface area contributed by atoms with Gasteiger partial charge in [-0.1, -0.05) is 6.92 Å². The summed E-state index contributed by atoms with van der Waals surface area (Å²) >= 11 is 6.09. The van der Waals surface area contributed by atoms with Gasteiger partial charge in [-0.05, 0) is 68.9 Å². The van der Waals surface area contributed by atoms with Crippen molar-refractivity contribution in [2.45, 2.75) is 53.3 Å². The van der Waals surface area contributed by atoms with Crippen molar-refractivity contribution in [3.05, 3.63) is 33.4 Å². The number of benzene rings is 1. The lowest BCUT2D eigenvalue weighted by atomic mass is 9.87. The van der Waals surface area contributed by atoms with E-state index in [9.17, 15) is 4.79 Å². The van der Waals surface area contributed by atoms with Crippen LogP contribution in [0.5, 0.6) is 0 Å². The van der Waals surface area contributed by atoms with Gasteiger partial charge >= 0.3 is 0 Å². The normalized spacial score (nSPS) is 12.6. The number of carbonyl (C=O) groups excluding carboxylic acids is 1. The lowest BCUT2D eigenvalue weighted by Crippen LogP contribution is -2.18. The number of Topliss-reactive ketones (excluding diaryl/α,β-unsaturated/α-hetero) is 1. The number of hydrogen-bond donors (Lipinski definition) is 0. The molecule has 0 N–H and O–H groups in total. The van der Waals surface area contributed by atoms with Crippen LogP contribution in [0.2, 0.25) is 0 Å². The highest BCUT2D eigenvalue weighted by Crippen LogP contribution is 2.28. The van der Waals surface area contributed by atoms with E-state index in [1.807, 2.05) is 20.8 Å². The first-order valence-electron chi connectivity index (χ1n) is 6.08. The molecule has 0 aliphatic carbocycles. The molecule has 0 saturated heterocycles. The van der Waals surface area contributed by atoms with Gasteiger partial charge in [0.1, 0.15) is 0 Å². The van der Waals surface area contributed by atoms with Crippen molar-refractivity contribution in [1.82, 2.24) is 0 Å². The number of halogens is 1. The summed E-state index contributed by atoms with van der Waals surface area (Å²) < 4.78 is 0. The molecule has 0 saturated carbocycles. The second-order valence-corrected chi connectivity index (χ2v) is 5.27. The summed E-state index contributed by atoms with van der Waals surface area (Å²) in [6.45, 7) is 12.2. The lowest BCUT2D eigenvalue weighted by Gasteiger charge is -2.19. The van der Waals surface area contributed by atoms with Gasteiger partial charge in [0, 0.05) is 5.56 Å². The van der Waals surface area contributed by atoms with Crippen molar-refractivity contribution in [2.24, 2.45) is 0 Å². The Bertz CT molecular complexity index is 431. The Morgan fingerprint density at radius 2 is 1.29 bits per heavy atom. The van der Waals surface area contributed by atoms with Gasteiger partial charge in [0.2, 0.25) is 0 Å². The fraction of sp³-hybridized carbons (Fsp3) is 0.533. The van der Waals surface area contributed by atoms with Crippen LogP contribution < -0.4 is 0 Å². The summed E-state index contributed by atoms with van der Waals surface area (Å²) in [5.74, 6) is 0.0652. The van der Waals surface area contributed by atoms with Crippen LogP contribution in [0.1, 0.15) is 51.5 Å². The first kappa shape index (κ1) is 14.2. The highest BCUT2D eigenvalue weighted by molar-refractivity contribution is 6.34. The zero-order valence-corrected chi connectivity index (χ0v) is 12.3. The lowest BCUT2D eigenvalue weighted by molar-refractivity contribution is 0.0984. The van der Waals surface area contributed by atoms with E-state index in [0.717, 1.165) is 16.7 Å². The molecule has 0 fully saturated rings. The van der Waals surface area contributed by atoms with Crippen molar-refractivity contribution in [3.63, 3.8) is 0 Å². The zero-order chi connectivity index (χ0) is 13.3. The molecule has 0 spiro atoms. The third kappa shape index (κ3) is 2.40. The van der Waals surface area contributed by atoms with Crippen LogP contribution in [0.25, 0.3) is 0 Å². The van der Waals surface area contributed by atoms with Gasteiger partial charge in [-0.3, -0.25) is 4.79 Å². The van der Waals surface area contributed by atoms with E-state index in [2.05, 4.69) is 20.8 Å². The highest BCUT2D eigenvalue weighted by atomic mass is 35.5. The Morgan fingerprint density at radius 3 is 1.65 bits per heavy atom. The molecule has 1 unspecified atom stereocenters. The van der Waals surface area contributed by atoms with Crippen LogP contribution in [-0.2, 0) is 0 Å². The van der Waals surface area contributed by atoms with Gasteiger partial charge in [-0.15, -0.1) is 11.6 Å². The average Bonchev–Trinajstić information content (AvgIpc) is 2.32. The predicted molar refractivity (Wildman–Crippen MR) is 74.4 cm³/mol. The average molecular weight is 253 g/mol. The molecule has 1 aromatic rings. The molecule has 94 valence electrons. The molecule has 0 aliphatic heterocycles. The number of alkyl halides is 1. The molecule has 0 radical (unpaired) electrons. The first-order valence-corrected chi connectivity index (χ1v) is 6.51. The molecule has 1 nitrogen and oxygen atoms in total. The van der Waals surface area contributed by atoms with Gasteiger partial charge in [0.05, 0.1) is 5.38 Å². The Hall–Kier alpha value is -0.820. The van der Waals surface area contributed by atoms with E-state index in [4.69, 9.17) is 11.6 Å². The largest absolute Gasteiger partial charge is 0.292 e. The van der Waals surface area contributed by atoms with Crippen LogP contribution >= 0.6 is 11.6 Å². The number of carbonyl (C=O) groups is 1. The van der Waals surface area contributed by atoms with Gasteiger partial charge in [0.15, 0.2) is 5.78 Å². The molecule has 17 heavy (non-hydrogen) atoms. The maximum atomic E-state index is 12.3. The summed E-state index contributed by atoms with van der Waals surface area (Å²) in [5, 5.41) is -0.408. The molecule has 0 aliphatic rings.